The fourth-order valence-electron chi connectivity index (χ4n) is 7.60. The third-order valence-electron chi connectivity index (χ3n) is 11.8. The number of hydrogen-bond acceptors (Lipinski definition) is 12. The van der Waals surface area contributed by atoms with Crippen LogP contribution in [0.3, 0.4) is 0 Å². The zero-order chi connectivity index (χ0) is 51.9. The van der Waals surface area contributed by atoms with Crippen molar-refractivity contribution in [1.82, 2.24) is 0 Å². The lowest BCUT2D eigenvalue weighted by Gasteiger charge is -2.18. The molecule has 72 heavy (non-hydrogen) atoms. The van der Waals surface area contributed by atoms with Gasteiger partial charge in [0.05, 0.1) is 69.6 Å². The molecule has 3 rings (SSSR count). The van der Waals surface area contributed by atoms with Crippen LogP contribution >= 0.6 is 0 Å². The lowest BCUT2D eigenvalue weighted by Crippen LogP contribution is -2.27. The minimum absolute atomic E-state index is 0.0837. The Morgan fingerprint density at radius 1 is 0.361 bits per heavy atom. The van der Waals surface area contributed by atoms with E-state index < -0.39 is 17.9 Å². The van der Waals surface area contributed by atoms with Crippen LogP contribution in [0.4, 0.5) is 0 Å². The fraction of sp³-hybridized carbons (Fsp3) is 0.550. The molecule has 0 aromatic heterocycles. The highest BCUT2D eigenvalue weighted by molar-refractivity contribution is 6.16. The molecule has 3 aromatic carbocycles. The molecule has 0 aliphatic carbocycles. The fourth-order valence-corrected chi connectivity index (χ4v) is 7.60. The third kappa shape index (κ3) is 26.9. The van der Waals surface area contributed by atoms with Crippen molar-refractivity contribution in [2.75, 3.05) is 72.7 Å². The Morgan fingerprint density at radius 2 is 0.611 bits per heavy atom. The van der Waals surface area contributed by atoms with Gasteiger partial charge in [-0.25, -0.2) is 14.4 Å². The van der Waals surface area contributed by atoms with Gasteiger partial charge in [0.15, 0.2) is 0 Å². The molecule has 0 aliphatic heterocycles. The average molecular weight is 999 g/mol. The second-order valence-electron chi connectivity index (χ2n) is 17.7. The molecule has 0 saturated heterocycles. The lowest BCUT2D eigenvalue weighted by molar-refractivity contribution is -0.136. The minimum Gasteiger partial charge on any atom is -0.494 e. The van der Waals surface area contributed by atoms with Crippen LogP contribution < -0.4 is 14.2 Å². The summed E-state index contributed by atoms with van der Waals surface area (Å²) >= 11 is 0. The summed E-state index contributed by atoms with van der Waals surface area (Å²) in [5.74, 6) is 1.14. The summed E-state index contributed by atoms with van der Waals surface area (Å²) in [6, 6.07) is 22.2. The third-order valence-corrected chi connectivity index (χ3v) is 11.8. The Balaban J connectivity index is 1.25. The van der Waals surface area contributed by atoms with Crippen LogP contribution in [0.15, 0.2) is 92.5 Å². The van der Waals surface area contributed by atoms with E-state index in [4.69, 9.17) is 42.6 Å². The standard InChI is InChI=1S/C60H86O12/c1-7-66-58(61)48(4)51-28-34-54(35-29-51)69-42-24-18-12-10-16-22-40-64-46-57(72-45-27-21-15-14-20-26-44-71-56-38-32-53(33-39-56)50(6)60(63)68-9-3)47-65-41-23-17-11-13-19-25-43-70-55-36-30-52(31-37-55)49(5)59(62)67-8-2/h28-39,57H,4-27,40-47H2,1-3H3. The van der Waals surface area contributed by atoms with E-state index in [2.05, 4.69) is 19.7 Å². The van der Waals surface area contributed by atoms with Crippen LogP contribution in [0.25, 0.3) is 16.7 Å². The molecule has 0 fully saturated rings. The summed E-state index contributed by atoms with van der Waals surface area (Å²) in [6.07, 6.45) is 19.6. The molecule has 398 valence electrons. The summed E-state index contributed by atoms with van der Waals surface area (Å²) < 4.78 is 51.4. The highest BCUT2D eigenvalue weighted by atomic mass is 16.6. The number of carbonyl (C=O) groups excluding carboxylic acids is 3. The minimum atomic E-state index is -0.402. The zero-order valence-corrected chi connectivity index (χ0v) is 44.0. The maximum atomic E-state index is 11.9. The molecule has 0 spiro atoms. The van der Waals surface area contributed by atoms with Crippen LogP contribution in [-0.4, -0.2) is 96.7 Å². The van der Waals surface area contributed by atoms with Crippen molar-refractivity contribution in [3.05, 3.63) is 109 Å². The molecule has 0 heterocycles. The Morgan fingerprint density at radius 3 is 0.889 bits per heavy atom. The monoisotopic (exact) mass is 999 g/mol. The molecule has 0 N–H and O–H groups in total. The van der Waals surface area contributed by atoms with E-state index in [0.717, 1.165) is 150 Å². The molecular formula is C60H86O12. The van der Waals surface area contributed by atoms with Gasteiger partial charge in [-0.2, -0.15) is 0 Å². The van der Waals surface area contributed by atoms with Gasteiger partial charge in [-0.05, 0) is 112 Å². The summed E-state index contributed by atoms with van der Waals surface area (Å²) in [7, 11) is 0. The van der Waals surface area contributed by atoms with Crippen molar-refractivity contribution in [2.45, 2.75) is 142 Å². The van der Waals surface area contributed by atoms with Gasteiger partial charge in [0.2, 0.25) is 0 Å². The van der Waals surface area contributed by atoms with E-state index >= 15 is 0 Å². The Kier molecular flexibility index (Phi) is 33.1. The maximum absolute atomic E-state index is 11.9. The molecule has 0 amide bonds. The number of unbranched alkanes of at least 4 members (excludes halogenated alkanes) is 15. The Bertz CT molecular complexity index is 1860. The van der Waals surface area contributed by atoms with Crippen molar-refractivity contribution in [2.24, 2.45) is 0 Å². The van der Waals surface area contributed by atoms with Gasteiger partial charge in [-0.3, -0.25) is 0 Å². The highest BCUT2D eigenvalue weighted by Crippen LogP contribution is 2.22. The predicted molar refractivity (Wildman–Crippen MR) is 287 cm³/mol. The first-order chi connectivity index (χ1) is 35.2. The Labute approximate surface area is 431 Å². The van der Waals surface area contributed by atoms with Gasteiger partial charge >= 0.3 is 17.9 Å². The zero-order valence-electron chi connectivity index (χ0n) is 44.0. The maximum Gasteiger partial charge on any atom is 0.338 e. The van der Waals surface area contributed by atoms with Crippen LogP contribution in [0.1, 0.15) is 153 Å². The number of benzene rings is 3. The van der Waals surface area contributed by atoms with Crippen LogP contribution in [0.5, 0.6) is 17.2 Å². The second kappa shape index (κ2) is 39.1. The first kappa shape index (κ1) is 60.9. The predicted octanol–water partition coefficient (Wildman–Crippen LogP) is 13.4. The molecule has 3 aromatic rings. The number of rotatable bonds is 44. The van der Waals surface area contributed by atoms with Gasteiger partial charge in [-0.1, -0.05) is 133 Å². The molecular weight excluding hydrogens is 913 g/mol. The van der Waals surface area contributed by atoms with E-state index in [9.17, 15) is 14.4 Å². The van der Waals surface area contributed by atoms with Gasteiger partial charge in [-0.15, -0.1) is 0 Å². The van der Waals surface area contributed by atoms with Gasteiger partial charge < -0.3 is 42.6 Å². The number of hydrogen-bond donors (Lipinski definition) is 0. The van der Waals surface area contributed by atoms with E-state index in [0.29, 0.717) is 89.4 Å². The molecule has 12 heteroatoms. The summed E-state index contributed by atoms with van der Waals surface area (Å²) in [5, 5.41) is 0. The number of carbonyl (C=O) groups is 3. The summed E-state index contributed by atoms with van der Waals surface area (Å²) in [6.45, 7) is 23.0. The van der Waals surface area contributed by atoms with E-state index in [1.165, 1.54) is 0 Å². The van der Waals surface area contributed by atoms with E-state index in [-0.39, 0.29) is 6.10 Å². The van der Waals surface area contributed by atoms with Crippen molar-refractivity contribution in [3.8, 4) is 17.2 Å². The molecule has 0 aliphatic rings. The first-order valence-electron chi connectivity index (χ1n) is 26.7. The second-order valence-corrected chi connectivity index (χ2v) is 17.7. The quantitative estimate of drug-likeness (QED) is 0.0231. The number of ether oxygens (including phenoxy) is 9. The molecule has 12 nitrogen and oxygen atoms in total. The SMILES string of the molecule is C=C(C(=O)OCC)c1ccc(OCCCCCCCCOCC(COCCCCCCCCOc2ccc(C(=C)C(=O)OCC)cc2)OCCCCCCCCOc2ccc(C(=C)C(=O)OCC)cc2)cc1. The topological polar surface area (TPSA) is 134 Å². The molecule has 0 bridgehead atoms. The van der Waals surface area contributed by atoms with E-state index in [1.807, 2.05) is 72.8 Å². The van der Waals surface area contributed by atoms with Gasteiger partial charge in [0.1, 0.15) is 23.4 Å². The number of esters is 3. The van der Waals surface area contributed by atoms with Gasteiger partial charge in [0.25, 0.3) is 0 Å². The Hall–Kier alpha value is -5.43. The van der Waals surface area contributed by atoms with E-state index in [1.54, 1.807) is 20.8 Å². The summed E-state index contributed by atoms with van der Waals surface area (Å²) in [5.41, 5.74) is 3.25. The summed E-state index contributed by atoms with van der Waals surface area (Å²) in [4.78, 5) is 35.8. The highest BCUT2D eigenvalue weighted by Gasteiger charge is 2.14. The first-order valence-corrected chi connectivity index (χ1v) is 26.7. The molecule has 0 saturated carbocycles. The van der Waals surface area contributed by atoms with Crippen molar-refractivity contribution < 1.29 is 57.0 Å². The largest absolute Gasteiger partial charge is 0.494 e. The smallest absolute Gasteiger partial charge is 0.338 e. The van der Waals surface area contributed by atoms with Crippen molar-refractivity contribution >= 4 is 34.6 Å². The lowest BCUT2D eigenvalue weighted by atomic mass is 10.1. The molecule has 0 unspecified atom stereocenters. The van der Waals surface area contributed by atoms with Crippen LogP contribution in [-0.2, 0) is 42.8 Å². The van der Waals surface area contributed by atoms with Gasteiger partial charge in [0, 0.05) is 19.8 Å². The average Bonchev–Trinajstić information content (AvgIpc) is 3.39. The van der Waals surface area contributed by atoms with Crippen molar-refractivity contribution in [3.63, 3.8) is 0 Å². The van der Waals surface area contributed by atoms with Crippen LogP contribution in [0.2, 0.25) is 0 Å². The van der Waals surface area contributed by atoms with Crippen LogP contribution in [0, 0.1) is 0 Å². The molecule has 0 radical (unpaired) electrons. The normalized spacial score (nSPS) is 11.0. The molecule has 0 atom stereocenters. The van der Waals surface area contributed by atoms with Crippen molar-refractivity contribution in [1.29, 1.82) is 0 Å².